The standard InChI is InChI=1S/C46H54Cl2N10O2/c1-45(9-14-59-27-45)53-10-5-29(6-11-53)36-18-42-32(16-39(36)47)22-52-58(42)35-24-50-56(26-35)43-19-38(43)44-20-46(2,28-60-44)54-12-7-30(8-13-54)37-17-41-31(15-40(37)48)21-51-57(41)34-23-49-55(25-34)33-3-4-33/h15-18,21-26,29-30,33,38,43-44H,3-14,19-20,27-28H2,1-2H3. The van der Waals surface area contributed by atoms with E-state index in [2.05, 4.69) is 74.8 Å². The molecule has 0 amide bonds. The molecule has 5 unspecified atom stereocenters. The molecule has 6 aromatic rings. The molecule has 0 N–H and O–H groups in total. The van der Waals surface area contributed by atoms with E-state index >= 15 is 0 Å². The Morgan fingerprint density at radius 3 is 1.78 bits per heavy atom. The molecule has 2 aromatic carbocycles. The Hall–Kier alpha value is -3.78. The molecule has 5 atom stereocenters. The number of piperidine rings is 2. The monoisotopic (exact) mass is 848 g/mol. The number of hydrogen-bond donors (Lipinski definition) is 0. The zero-order valence-corrected chi connectivity index (χ0v) is 36.1. The first-order valence-corrected chi connectivity index (χ1v) is 23.1. The van der Waals surface area contributed by atoms with Gasteiger partial charge in [-0.1, -0.05) is 23.2 Å². The molecule has 12 rings (SSSR count). The molecular weight excluding hydrogens is 795 g/mol. The van der Waals surface area contributed by atoms with Crippen molar-refractivity contribution in [2.45, 2.75) is 113 Å². The highest BCUT2D eigenvalue weighted by Gasteiger charge is 2.52. The molecule has 2 saturated carbocycles. The maximum Gasteiger partial charge on any atom is 0.103 e. The van der Waals surface area contributed by atoms with Gasteiger partial charge in [0.15, 0.2) is 0 Å². The largest absolute Gasteiger partial charge is 0.379 e. The van der Waals surface area contributed by atoms with Gasteiger partial charge in [0.1, 0.15) is 11.4 Å². The Bertz CT molecular complexity index is 2570. The van der Waals surface area contributed by atoms with Crippen LogP contribution in [0, 0.1) is 5.92 Å². The van der Waals surface area contributed by atoms with Crippen LogP contribution < -0.4 is 0 Å². The molecule has 8 heterocycles. The van der Waals surface area contributed by atoms with E-state index in [1.165, 1.54) is 24.0 Å². The lowest BCUT2D eigenvalue weighted by molar-refractivity contribution is 0.0449. The van der Waals surface area contributed by atoms with Gasteiger partial charge in [-0.3, -0.25) is 19.2 Å². The van der Waals surface area contributed by atoms with Crippen molar-refractivity contribution in [3.63, 3.8) is 0 Å². The number of nitrogens with zero attached hydrogens (tertiary/aromatic N) is 10. The van der Waals surface area contributed by atoms with Gasteiger partial charge < -0.3 is 9.47 Å². The van der Waals surface area contributed by atoms with Gasteiger partial charge in [0.05, 0.1) is 79.6 Å². The molecule has 4 aliphatic heterocycles. The van der Waals surface area contributed by atoms with Crippen LogP contribution in [0.25, 0.3) is 33.2 Å². The van der Waals surface area contributed by atoms with Crippen molar-refractivity contribution in [2.75, 3.05) is 46.0 Å². The first-order valence-electron chi connectivity index (χ1n) is 22.3. The second-order valence-electron chi connectivity index (χ2n) is 19.4. The molecule has 60 heavy (non-hydrogen) atoms. The fraction of sp³-hybridized carbons (Fsp3) is 0.565. The van der Waals surface area contributed by atoms with Crippen LogP contribution in [0.2, 0.25) is 10.0 Å². The highest BCUT2D eigenvalue weighted by Crippen LogP contribution is 2.52. The van der Waals surface area contributed by atoms with Crippen LogP contribution >= 0.6 is 23.2 Å². The number of aromatic nitrogens is 8. The fourth-order valence-electron chi connectivity index (χ4n) is 11.4. The topological polar surface area (TPSA) is 96.2 Å². The van der Waals surface area contributed by atoms with Gasteiger partial charge in [0, 0.05) is 44.4 Å². The lowest BCUT2D eigenvalue weighted by atomic mass is 9.85. The van der Waals surface area contributed by atoms with Crippen LogP contribution in [0.15, 0.2) is 61.4 Å². The average Bonchev–Trinajstić information content (AvgIpc) is 3.71. The maximum absolute atomic E-state index is 6.98. The fourth-order valence-corrected chi connectivity index (χ4v) is 12.0. The molecule has 6 fully saturated rings. The van der Waals surface area contributed by atoms with Gasteiger partial charge in [0.25, 0.3) is 0 Å². The summed E-state index contributed by atoms with van der Waals surface area (Å²) in [7, 11) is 0. The van der Waals surface area contributed by atoms with Gasteiger partial charge >= 0.3 is 0 Å². The highest BCUT2D eigenvalue weighted by molar-refractivity contribution is 6.32. The molecule has 6 aliphatic rings. The Labute approximate surface area is 360 Å². The molecule has 0 bridgehead atoms. The molecule has 4 saturated heterocycles. The van der Waals surface area contributed by atoms with Crippen LogP contribution in [-0.4, -0.2) is 112 Å². The Balaban J connectivity index is 0.685. The molecule has 314 valence electrons. The Kier molecular flexibility index (Phi) is 9.10. The molecule has 4 aromatic heterocycles. The van der Waals surface area contributed by atoms with Crippen molar-refractivity contribution in [1.29, 1.82) is 0 Å². The van der Waals surface area contributed by atoms with E-state index in [9.17, 15) is 0 Å². The number of hydrogen-bond acceptors (Lipinski definition) is 8. The van der Waals surface area contributed by atoms with E-state index in [1.807, 2.05) is 34.2 Å². The molecule has 14 heteroatoms. The molecular formula is C46H54Cl2N10O2. The van der Waals surface area contributed by atoms with E-state index < -0.39 is 0 Å². The smallest absolute Gasteiger partial charge is 0.103 e. The average molecular weight is 850 g/mol. The number of ether oxygens (including phenoxy) is 2. The van der Waals surface area contributed by atoms with E-state index in [1.54, 1.807) is 0 Å². The van der Waals surface area contributed by atoms with Crippen molar-refractivity contribution in [1.82, 2.24) is 48.9 Å². The SMILES string of the molecule is CC1(N2CCC(c3cc4c(cnn4-c4cnn(C5CC5C5CC(C)(N6CCC(c7cc8c(cnn8-c8cnn(C9CC9)c8)cc7Cl)CC6)CO5)c4)cc3Cl)CC2)CCOC1. The second kappa shape index (κ2) is 14.4. The predicted molar refractivity (Wildman–Crippen MR) is 233 cm³/mol. The van der Waals surface area contributed by atoms with E-state index in [4.69, 9.17) is 48.0 Å². The first kappa shape index (κ1) is 37.9. The number of benzene rings is 2. The summed E-state index contributed by atoms with van der Waals surface area (Å²) in [6.07, 6.45) is 22.3. The molecule has 0 radical (unpaired) electrons. The lowest BCUT2D eigenvalue weighted by Gasteiger charge is -2.42. The first-order chi connectivity index (χ1) is 29.2. The summed E-state index contributed by atoms with van der Waals surface area (Å²) in [4.78, 5) is 5.32. The van der Waals surface area contributed by atoms with Gasteiger partial charge in [-0.15, -0.1) is 0 Å². The third kappa shape index (κ3) is 6.54. The number of rotatable bonds is 9. The third-order valence-electron chi connectivity index (χ3n) is 15.4. The summed E-state index contributed by atoms with van der Waals surface area (Å²) in [6.45, 7) is 11.5. The van der Waals surface area contributed by atoms with Crippen LogP contribution in [-0.2, 0) is 9.47 Å². The number of fused-ring (bicyclic) bond motifs is 2. The van der Waals surface area contributed by atoms with Crippen molar-refractivity contribution < 1.29 is 9.47 Å². The summed E-state index contributed by atoms with van der Waals surface area (Å²) in [5.41, 5.74) is 6.84. The van der Waals surface area contributed by atoms with Gasteiger partial charge in [-0.05, 0) is 145 Å². The minimum absolute atomic E-state index is 0.0264. The van der Waals surface area contributed by atoms with Crippen LogP contribution in [0.4, 0.5) is 0 Å². The molecule has 12 nitrogen and oxygen atoms in total. The van der Waals surface area contributed by atoms with Gasteiger partial charge in [-0.25, -0.2) is 9.36 Å². The molecule has 0 spiro atoms. The third-order valence-corrected chi connectivity index (χ3v) is 16.1. The second-order valence-corrected chi connectivity index (χ2v) is 20.2. The summed E-state index contributed by atoms with van der Waals surface area (Å²) >= 11 is 13.9. The summed E-state index contributed by atoms with van der Waals surface area (Å²) < 4.78 is 20.7. The number of likely N-dealkylation sites (tertiary alicyclic amines) is 2. The highest BCUT2D eigenvalue weighted by atomic mass is 35.5. The van der Waals surface area contributed by atoms with Crippen LogP contribution in [0.3, 0.4) is 0 Å². The van der Waals surface area contributed by atoms with E-state index in [0.29, 0.717) is 29.8 Å². The van der Waals surface area contributed by atoms with Gasteiger partial charge in [0.2, 0.25) is 0 Å². The minimum Gasteiger partial charge on any atom is -0.379 e. The minimum atomic E-state index is 0.0264. The van der Waals surface area contributed by atoms with Gasteiger partial charge in [-0.2, -0.15) is 20.4 Å². The Morgan fingerprint density at radius 1 is 0.650 bits per heavy atom. The predicted octanol–water partition coefficient (Wildman–Crippen LogP) is 8.75. The van der Waals surface area contributed by atoms with E-state index in [0.717, 1.165) is 134 Å². The summed E-state index contributed by atoms with van der Waals surface area (Å²) in [5, 5.41) is 22.9. The van der Waals surface area contributed by atoms with E-state index in [-0.39, 0.29) is 17.2 Å². The maximum atomic E-state index is 6.98. The normalized spacial score (nSPS) is 29.8. The summed E-state index contributed by atoms with van der Waals surface area (Å²) in [6, 6.07) is 9.65. The van der Waals surface area contributed by atoms with Crippen LogP contribution in [0.1, 0.15) is 107 Å². The molecule has 2 aliphatic carbocycles. The zero-order valence-electron chi connectivity index (χ0n) is 34.6. The Morgan fingerprint density at radius 2 is 1.22 bits per heavy atom. The van der Waals surface area contributed by atoms with Crippen LogP contribution in [0.5, 0.6) is 0 Å². The zero-order chi connectivity index (χ0) is 40.3. The van der Waals surface area contributed by atoms with Crippen molar-refractivity contribution >= 4 is 45.0 Å². The number of halogens is 2. The van der Waals surface area contributed by atoms with Crippen molar-refractivity contribution in [3.05, 3.63) is 82.6 Å². The van der Waals surface area contributed by atoms with Crippen molar-refractivity contribution in [3.8, 4) is 11.4 Å². The lowest BCUT2D eigenvalue weighted by Crippen LogP contribution is -2.50. The van der Waals surface area contributed by atoms with Crippen molar-refractivity contribution in [2.24, 2.45) is 5.92 Å². The quantitative estimate of drug-likeness (QED) is 0.143. The summed E-state index contributed by atoms with van der Waals surface area (Å²) in [5.74, 6) is 1.31.